The van der Waals surface area contributed by atoms with Gasteiger partial charge >= 0.3 is 0 Å². The molecule has 1 aromatic heterocycles. The monoisotopic (exact) mass is 305 g/mol. The van der Waals surface area contributed by atoms with Crippen LogP contribution in [0.3, 0.4) is 0 Å². The molecule has 0 amide bonds. The lowest BCUT2D eigenvalue weighted by atomic mass is 10.0. The molecule has 112 valence electrons. The molecule has 0 bridgehead atoms. The van der Waals surface area contributed by atoms with Crippen LogP contribution in [0.15, 0.2) is 30.5 Å². The summed E-state index contributed by atoms with van der Waals surface area (Å²) in [6.45, 7) is 3.59. The summed E-state index contributed by atoms with van der Waals surface area (Å²) in [6.07, 6.45) is 4.31. The van der Waals surface area contributed by atoms with Gasteiger partial charge in [0.1, 0.15) is 0 Å². The molecule has 0 radical (unpaired) electrons. The summed E-state index contributed by atoms with van der Waals surface area (Å²) in [5.74, 6) is 0.629. The predicted molar refractivity (Wildman–Crippen MR) is 84.3 cm³/mol. The average Bonchev–Trinajstić information content (AvgIpc) is 2.98. The van der Waals surface area contributed by atoms with Gasteiger partial charge in [-0.05, 0) is 36.5 Å². The maximum atomic E-state index is 5.93. The van der Waals surface area contributed by atoms with Crippen LogP contribution in [0.2, 0.25) is 5.02 Å². The molecule has 2 aromatic rings. The Balaban J connectivity index is 1.59. The van der Waals surface area contributed by atoms with Gasteiger partial charge in [-0.25, -0.2) is 0 Å². The molecule has 1 aromatic carbocycles. The summed E-state index contributed by atoms with van der Waals surface area (Å²) < 4.78 is 5.50. The van der Waals surface area contributed by atoms with Crippen LogP contribution in [0.4, 0.5) is 0 Å². The second-order valence-corrected chi connectivity index (χ2v) is 5.93. The molecular weight excluding hydrogens is 286 g/mol. The normalized spacial score (nSPS) is 18.8. The molecule has 1 saturated heterocycles. The van der Waals surface area contributed by atoms with E-state index in [0.717, 1.165) is 42.6 Å². The molecule has 4 nitrogen and oxygen atoms in total. The van der Waals surface area contributed by atoms with Gasteiger partial charge in [0, 0.05) is 30.3 Å². The fourth-order valence-electron chi connectivity index (χ4n) is 2.69. The lowest BCUT2D eigenvalue weighted by Gasteiger charge is -2.22. The minimum atomic E-state index is 0.629. The van der Waals surface area contributed by atoms with Gasteiger partial charge in [-0.15, -0.1) is 0 Å². The molecule has 1 unspecified atom stereocenters. The van der Waals surface area contributed by atoms with Crippen LogP contribution in [-0.4, -0.2) is 30.0 Å². The maximum absolute atomic E-state index is 5.93. The van der Waals surface area contributed by atoms with Crippen molar-refractivity contribution in [1.82, 2.24) is 15.5 Å². The number of benzene rings is 1. The Morgan fingerprint density at radius 2 is 2.19 bits per heavy atom. The molecule has 0 saturated carbocycles. The van der Waals surface area contributed by atoms with Crippen molar-refractivity contribution in [3.63, 3.8) is 0 Å². The van der Waals surface area contributed by atoms with Crippen molar-refractivity contribution in [1.29, 1.82) is 0 Å². The van der Waals surface area contributed by atoms with E-state index < -0.39 is 0 Å². The number of halogens is 1. The van der Waals surface area contributed by atoms with Gasteiger partial charge in [-0.2, -0.15) is 5.10 Å². The molecule has 0 aliphatic carbocycles. The van der Waals surface area contributed by atoms with Crippen molar-refractivity contribution in [3.05, 3.63) is 41.0 Å². The Bertz CT molecular complexity index is 561. The van der Waals surface area contributed by atoms with Gasteiger partial charge in [0.2, 0.25) is 0 Å². The zero-order valence-corrected chi connectivity index (χ0v) is 12.7. The lowest BCUT2D eigenvalue weighted by molar-refractivity contribution is 0.0547. The summed E-state index contributed by atoms with van der Waals surface area (Å²) in [7, 11) is 0. The SMILES string of the molecule is Clc1ccc(-c2[nH]ncc2CNCC2CCCOC2)cc1. The molecule has 21 heavy (non-hydrogen) atoms. The average molecular weight is 306 g/mol. The second kappa shape index (κ2) is 7.07. The molecule has 0 spiro atoms. The van der Waals surface area contributed by atoms with E-state index in [2.05, 4.69) is 15.5 Å². The number of rotatable bonds is 5. The number of ether oxygens (including phenoxy) is 1. The second-order valence-electron chi connectivity index (χ2n) is 5.49. The van der Waals surface area contributed by atoms with Crippen LogP contribution in [0.1, 0.15) is 18.4 Å². The molecule has 1 aliphatic heterocycles. The van der Waals surface area contributed by atoms with Crippen molar-refractivity contribution in [3.8, 4) is 11.3 Å². The van der Waals surface area contributed by atoms with Crippen LogP contribution in [0, 0.1) is 5.92 Å². The minimum Gasteiger partial charge on any atom is -0.381 e. The third kappa shape index (κ3) is 3.84. The van der Waals surface area contributed by atoms with Gasteiger partial charge in [-0.3, -0.25) is 5.10 Å². The molecular formula is C16H20ClN3O. The molecule has 3 rings (SSSR count). The number of aromatic nitrogens is 2. The highest BCUT2D eigenvalue weighted by atomic mass is 35.5. The Labute approximate surface area is 129 Å². The summed E-state index contributed by atoms with van der Waals surface area (Å²) in [4.78, 5) is 0. The van der Waals surface area contributed by atoms with Crippen LogP contribution < -0.4 is 5.32 Å². The third-order valence-electron chi connectivity index (χ3n) is 3.85. The van der Waals surface area contributed by atoms with Crippen molar-refractivity contribution < 1.29 is 4.74 Å². The quantitative estimate of drug-likeness (QED) is 0.891. The zero-order chi connectivity index (χ0) is 14.5. The van der Waals surface area contributed by atoms with E-state index in [9.17, 15) is 0 Å². The molecule has 1 atom stereocenters. The fourth-order valence-corrected chi connectivity index (χ4v) is 2.82. The van der Waals surface area contributed by atoms with Crippen LogP contribution in [0.5, 0.6) is 0 Å². The zero-order valence-electron chi connectivity index (χ0n) is 11.9. The summed E-state index contributed by atoms with van der Waals surface area (Å²) in [5, 5.41) is 11.5. The first-order valence-corrected chi connectivity index (χ1v) is 7.77. The van der Waals surface area contributed by atoms with Crippen LogP contribution in [0.25, 0.3) is 11.3 Å². The highest BCUT2D eigenvalue weighted by Gasteiger charge is 2.14. The Morgan fingerprint density at radius 1 is 1.33 bits per heavy atom. The largest absolute Gasteiger partial charge is 0.381 e. The number of hydrogen-bond donors (Lipinski definition) is 2. The topological polar surface area (TPSA) is 49.9 Å². The van der Waals surface area contributed by atoms with Crippen molar-refractivity contribution in [2.75, 3.05) is 19.8 Å². The van der Waals surface area contributed by atoms with Gasteiger partial charge in [-0.1, -0.05) is 23.7 Å². The standard InChI is InChI=1S/C16H20ClN3O/c17-15-5-3-13(4-6-15)16-14(10-19-20-16)9-18-8-12-2-1-7-21-11-12/h3-6,10,12,18H,1-2,7-9,11H2,(H,19,20). The smallest absolute Gasteiger partial charge is 0.0695 e. The van der Waals surface area contributed by atoms with E-state index >= 15 is 0 Å². The Kier molecular flexibility index (Phi) is 4.91. The van der Waals surface area contributed by atoms with E-state index in [4.69, 9.17) is 16.3 Å². The van der Waals surface area contributed by atoms with Crippen molar-refractivity contribution in [2.45, 2.75) is 19.4 Å². The number of nitrogens with zero attached hydrogens (tertiary/aromatic N) is 1. The molecule has 5 heteroatoms. The minimum absolute atomic E-state index is 0.629. The third-order valence-corrected chi connectivity index (χ3v) is 4.11. The Morgan fingerprint density at radius 3 is 2.95 bits per heavy atom. The first kappa shape index (κ1) is 14.6. The highest BCUT2D eigenvalue weighted by Crippen LogP contribution is 2.23. The van der Waals surface area contributed by atoms with E-state index in [1.165, 1.54) is 18.4 Å². The van der Waals surface area contributed by atoms with E-state index in [1.807, 2.05) is 30.5 Å². The predicted octanol–water partition coefficient (Wildman–Crippen LogP) is 3.25. The molecule has 1 fully saturated rings. The van der Waals surface area contributed by atoms with Crippen molar-refractivity contribution >= 4 is 11.6 Å². The van der Waals surface area contributed by atoms with Gasteiger partial charge in [0.05, 0.1) is 18.5 Å². The number of H-pyrrole nitrogens is 1. The Hall–Kier alpha value is -1.36. The molecule has 2 heterocycles. The maximum Gasteiger partial charge on any atom is 0.0695 e. The summed E-state index contributed by atoms with van der Waals surface area (Å²) in [5.41, 5.74) is 3.34. The van der Waals surface area contributed by atoms with Gasteiger partial charge in [0.15, 0.2) is 0 Å². The summed E-state index contributed by atoms with van der Waals surface area (Å²) >= 11 is 5.93. The highest BCUT2D eigenvalue weighted by molar-refractivity contribution is 6.30. The van der Waals surface area contributed by atoms with Crippen molar-refractivity contribution in [2.24, 2.45) is 5.92 Å². The summed E-state index contributed by atoms with van der Waals surface area (Å²) in [6, 6.07) is 7.81. The number of aromatic amines is 1. The fraction of sp³-hybridized carbons (Fsp3) is 0.438. The van der Waals surface area contributed by atoms with E-state index in [1.54, 1.807) is 0 Å². The van der Waals surface area contributed by atoms with E-state index in [0.29, 0.717) is 5.92 Å². The first-order chi connectivity index (χ1) is 10.3. The number of nitrogens with one attached hydrogen (secondary N) is 2. The van der Waals surface area contributed by atoms with Gasteiger partial charge < -0.3 is 10.1 Å². The molecule has 2 N–H and O–H groups in total. The molecule has 1 aliphatic rings. The van der Waals surface area contributed by atoms with Gasteiger partial charge in [0.25, 0.3) is 0 Å². The van der Waals surface area contributed by atoms with Crippen LogP contribution >= 0.6 is 11.6 Å². The lowest BCUT2D eigenvalue weighted by Crippen LogP contribution is -2.28. The number of hydrogen-bond acceptors (Lipinski definition) is 3. The van der Waals surface area contributed by atoms with Crippen LogP contribution in [-0.2, 0) is 11.3 Å². The van der Waals surface area contributed by atoms with E-state index in [-0.39, 0.29) is 0 Å². The first-order valence-electron chi connectivity index (χ1n) is 7.39.